The highest BCUT2D eigenvalue weighted by atomic mass is 15.1. The fourth-order valence-corrected chi connectivity index (χ4v) is 2.41. The first-order valence-electron chi connectivity index (χ1n) is 7.41. The van der Waals surface area contributed by atoms with Crippen molar-refractivity contribution in [1.29, 1.82) is 0 Å². The molecule has 0 amide bonds. The van der Waals surface area contributed by atoms with Gasteiger partial charge in [0, 0.05) is 17.4 Å². The summed E-state index contributed by atoms with van der Waals surface area (Å²) in [7, 11) is 0. The van der Waals surface area contributed by atoms with Crippen LogP contribution in [-0.2, 0) is 0 Å². The van der Waals surface area contributed by atoms with Gasteiger partial charge < -0.3 is 16.0 Å². The van der Waals surface area contributed by atoms with Crippen molar-refractivity contribution in [3.8, 4) is 0 Å². The Morgan fingerprint density at radius 2 is 1.89 bits per heavy atom. The molecule has 1 rings (SSSR count). The van der Waals surface area contributed by atoms with Gasteiger partial charge in [0.15, 0.2) is 0 Å². The highest BCUT2D eigenvalue weighted by Gasteiger charge is 2.05. The maximum absolute atomic E-state index is 5.86. The number of benzene rings is 1. The Morgan fingerprint density at radius 3 is 2.47 bits per heavy atom. The standard InChI is InChI=1S/C16H29N3/c1-5-19(6-2)9-7-8-14(4)18-16-11-13(3)10-15(17)12-16/h10-12,14,18H,5-9,17H2,1-4H3. The van der Waals surface area contributed by atoms with Crippen molar-refractivity contribution in [1.82, 2.24) is 4.90 Å². The van der Waals surface area contributed by atoms with Gasteiger partial charge in [0.05, 0.1) is 0 Å². The Labute approximate surface area is 118 Å². The molecule has 0 fully saturated rings. The number of hydrogen-bond acceptors (Lipinski definition) is 3. The molecular formula is C16H29N3. The predicted octanol–water partition coefficient (Wildman–Crippen LogP) is 3.50. The summed E-state index contributed by atoms with van der Waals surface area (Å²) in [5.74, 6) is 0. The van der Waals surface area contributed by atoms with Crippen molar-refractivity contribution < 1.29 is 0 Å². The first kappa shape index (κ1) is 15.8. The van der Waals surface area contributed by atoms with Crippen molar-refractivity contribution in [2.75, 3.05) is 30.7 Å². The molecular weight excluding hydrogens is 234 g/mol. The minimum absolute atomic E-state index is 0.483. The average Bonchev–Trinajstić information content (AvgIpc) is 2.33. The van der Waals surface area contributed by atoms with Gasteiger partial charge in [-0.15, -0.1) is 0 Å². The summed E-state index contributed by atoms with van der Waals surface area (Å²) < 4.78 is 0. The van der Waals surface area contributed by atoms with Gasteiger partial charge in [0.1, 0.15) is 0 Å². The van der Waals surface area contributed by atoms with Crippen LogP contribution in [-0.4, -0.2) is 30.6 Å². The quantitative estimate of drug-likeness (QED) is 0.705. The van der Waals surface area contributed by atoms with E-state index in [2.05, 4.69) is 44.0 Å². The highest BCUT2D eigenvalue weighted by Crippen LogP contribution is 2.17. The van der Waals surface area contributed by atoms with E-state index in [0.29, 0.717) is 6.04 Å². The molecule has 0 aliphatic rings. The first-order chi connectivity index (χ1) is 9.05. The zero-order valence-electron chi connectivity index (χ0n) is 12.9. The number of anilines is 2. The SMILES string of the molecule is CCN(CC)CCCC(C)Nc1cc(C)cc(N)c1. The molecule has 0 heterocycles. The van der Waals surface area contributed by atoms with Gasteiger partial charge in [0.2, 0.25) is 0 Å². The molecule has 0 aliphatic carbocycles. The third-order valence-electron chi connectivity index (χ3n) is 3.52. The van der Waals surface area contributed by atoms with Gasteiger partial charge in [-0.25, -0.2) is 0 Å². The Morgan fingerprint density at radius 1 is 1.21 bits per heavy atom. The lowest BCUT2D eigenvalue weighted by Gasteiger charge is -2.20. The summed E-state index contributed by atoms with van der Waals surface area (Å²) in [6, 6.07) is 6.64. The van der Waals surface area contributed by atoms with Crippen LogP contribution < -0.4 is 11.1 Å². The molecule has 0 saturated heterocycles. The molecule has 0 saturated carbocycles. The molecule has 3 nitrogen and oxygen atoms in total. The molecule has 0 spiro atoms. The van der Waals surface area contributed by atoms with Gasteiger partial charge in [-0.05, 0) is 70.1 Å². The maximum atomic E-state index is 5.86. The number of rotatable bonds is 8. The van der Waals surface area contributed by atoms with Crippen LogP contribution in [0.5, 0.6) is 0 Å². The number of nitrogens with two attached hydrogens (primary N) is 1. The summed E-state index contributed by atoms with van der Waals surface area (Å²) in [4.78, 5) is 2.47. The van der Waals surface area contributed by atoms with Crippen molar-refractivity contribution in [2.45, 2.75) is 46.6 Å². The van der Waals surface area contributed by atoms with E-state index >= 15 is 0 Å². The third kappa shape index (κ3) is 5.97. The van der Waals surface area contributed by atoms with E-state index in [1.54, 1.807) is 0 Å². The first-order valence-corrected chi connectivity index (χ1v) is 7.41. The van der Waals surface area contributed by atoms with Gasteiger partial charge in [-0.1, -0.05) is 13.8 Å². The topological polar surface area (TPSA) is 41.3 Å². The Hall–Kier alpha value is -1.22. The average molecular weight is 263 g/mol. The number of hydrogen-bond donors (Lipinski definition) is 2. The fourth-order valence-electron chi connectivity index (χ4n) is 2.41. The maximum Gasteiger partial charge on any atom is 0.0365 e. The van der Waals surface area contributed by atoms with Crippen molar-refractivity contribution >= 4 is 11.4 Å². The molecule has 1 atom stereocenters. The summed E-state index contributed by atoms with van der Waals surface area (Å²) in [6.45, 7) is 12.2. The van der Waals surface area contributed by atoms with Crippen LogP contribution in [0.3, 0.4) is 0 Å². The van der Waals surface area contributed by atoms with Crippen molar-refractivity contribution in [2.24, 2.45) is 0 Å². The van der Waals surface area contributed by atoms with Crippen LogP contribution in [0, 0.1) is 6.92 Å². The molecule has 0 aromatic heterocycles. The Kier molecular flexibility index (Phi) is 6.71. The molecule has 19 heavy (non-hydrogen) atoms. The minimum atomic E-state index is 0.483. The van der Waals surface area contributed by atoms with E-state index < -0.39 is 0 Å². The van der Waals surface area contributed by atoms with E-state index in [4.69, 9.17) is 5.73 Å². The summed E-state index contributed by atoms with van der Waals surface area (Å²) in [6.07, 6.45) is 2.42. The monoisotopic (exact) mass is 263 g/mol. The molecule has 1 aromatic carbocycles. The zero-order valence-corrected chi connectivity index (χ0v) is 12.9. The third-order valence-corrected chi connectivity index (χ3v) is 3.52. The van der Waals surface area contributed by atoms with Crippen LogP contribution in [0.15, 0.2) is 18.2 Å². The minimum Gasteiger partial charge on any atom is -0.399 e. The van der Waals surface area contributed by atoms with E-state index in [0.717, 1.165) is 24.5 Å². The second-order valence-electron chi connectivity index (χ2n) is 5.35. The lowest BCUT2D eigenvalue weighted by molar-refractivity contribution is 0.295. The van der Waals surface area contributed by atoms with E-state index in [1.165, 1.54) is 24.9 Å². The van der Waals surface area contributed by atoms with Crippen LogP contribution >= 0.6 is 0 Å². The normalized spacial score (nSPS) is 12.7. The Bertz CT molecular complexity index is 352. The number of nitrogens with one attached hydrogen (secondary N) is 1. The lowest BCUT2D eigenvalue weighted by Crippen LogP contribution is -2.25. The zero-order chi connectivity index (χ0) is 14.3. The highest BCUT2D eigenvalue weighted by molar-refractivity contribution is 5.57. The van der Waals surface area contributed by atoms with Crippen LogP contribution in [0.4, 0.5) is 11.4 Å². The molecule has 0 aliphatic heterocycles. The lowest BCUT2D eigenvalue weighted by atomic mass is 10.1. The van der Waals surface area contributed by atoms with Crippen LogP contribution in [0.2, 0.25) is 0 Å². The molecule has 0 radical (unpaired) electrons. The summed E-state index contributed by atoms with van der Waals surface area (Å²) >= 11 is 0. The summed E-state index contributed by atoms with van der Waals surface area (Å²) in [5, 5.41) is 3.53. The molecule has 1 aromatic rings. The van der Waals surface area contributed by atoms with Crippen LogP contribution in [0.1, 0.15) is 39.2 Å². The van der Waals surface area contributed by atoms with E-state index in [9.17, 15) is 0 Å². The van der Waals surface area contributed by atoms with E-state index in [-0.39, 0.29) is 0 Å². The van der Waals surface area contributed by atoms with Gasteiger partial charge in [0.25, 0.3) is 0 Å². The molecule has 3 heteroatoms. The van der Waals surface area contributed by atoms with Gasteiger partial charge in [-0.3, -0.25) is 0 Å². The van der Waals surface area contributed by atoms with Crippen molar-refractivity contribution in [3.63, 3.8) is 0 Å². The summed E-state index contributed by atoms with van der Waals surface area (Å²) in [5.41, 5.74) is 9.03. The van der Waals surface area contributed by atoms with Crippen LogP contribution in [0.25, 0.3) is 0 Å². The van der Waals surface area contributed by atoms with Gasteiger partial charge >= 0.3 is 0 Å². The van der Waals surface area contributed by atoms with E-state index in [1.807, 2.05) is 12.1 Å². The second kappa shape index (κ2) is 8.05. The molecule has 0 bridgehead atoms. The molecule has 108 valence electrons. The molecule has 1 unspecified atom stereocenters. The second-order valence-corrected chi connectivity index (χ2v) is 5.35. The number of nitrogens with zero attached hydrogens (tertiary/aromatic N) is 1. The molecule has 3 N–H and O–H groups in total. The Balaban J connectivity index is 2.36. The number of nitrogen functional groups attached to an aromatic ring is 1. The smallest absolute Gasteiger partial charge is 0.0365 e. The number of aryl methyl sites for hydroxylation is 1. The van der Waals surface area contributed by atoms with Crippen molar-refractivity contribution in [3.05, 3.63) is 23.8 Å². The fraction of sp³-hybridized carbons (Fsp3) is 0.625. The van der Waals surface area contributed by atoms with Gasteiger partial charge in [-0.2, -0.15) is 0 Å². The largest absolute Gasteiger partial charge is 0.399 e. The predicted molar refractivity (Wildman–Crippen MR) is 85.7 cm³/mol.